The van der Waals surface area contributed by atoms with E-state index in [0.717, 1.165) is 46.3 Å². The van der Waals surface area contributed by atoms with Crippen LogP contribution in [-0.4, -0.2) is 23.3 Å². The van der Waals surface area contributed by atoms with Crippen molar-refractivity contribution >= 4 is 33.4 Å². The maximum Gasteiger partial charge on any atom is 0.148 e. The minimum atomic E-state index is 0.396. The Balaban J connectivity index is 1.65. The highest BCUT2D eigenvalue weighted by Gasteiger charge is 2.12. The number of nitrogens with zero attached hydrogens (tertiary/aromatic N) is 2. The first-order chi connectivity index (χ1) is 13.3. The topological polar surface area (TPSA) is 36.3 Å². The van der Waals surface area contributed by atoms with Crippen molar-refractivity contribution < 1.29 is 9.47 Å². The zero-order valence-electron chi connectivity index (χ0n) is 15.2. The summed E-state index contributed by atoms with van der Waals surface area (Å²) in [5.41, 5.74) is 1.95. The molecule has 0 spiro atoms. The number of aryl methyl sites for hydroxylation is 1. The fourth-order valence-electron chi connectivity index (χ4n) is 3.34. The van der Waals surface area contributed by atoms with Crippen molar-refractivity contribution in [2.24, 2.45) is 0 Å². The average molecular weight is 381 g/mol. The van der Waals surface area contributed by atoms with Crippen molar-refractivity contribution in [2.45, 2.75) is 19.6 Å². The van der Waals surface area contributed by atoms with E-state index in [-0.39, 0.29) is 0 Å². The molecule has 4 nitrogen and oxygen atoms in total. The van der Waals surface area contributed by atoms with E-state index in [1.165, 1.54) is 0 Å². The summed E-state index contributed by atoms with van der Waals surface area (Å²) in [5, 5.41) is 2.97. The molecule has 138 valence electrons. The Morgan fingerprint density at radius 3 is 2.78 bits per heavy atom. The van der Waals surface area contributed by atoms with E-state index in [2.05, 4.69) is 22.8 Å². The first-order valence-corrected chi connectivity index (χ1v) is 9.38. The van der Waals surface area contributed by atoms with Gasteiger partial charge in [0.15, 0.2) is 0 Å². The Morgan fingerprint density at radius 1 is 1.04 bits per heavy atom. The molecule has 0 radical (unpaired) electrons. The van der Waals surface area contributed by atoms with Crippen LogP contribution in [0.5, 0.6) is 5.75 Å². The number of ether oxygens (including phenoxy) is 2. The number of benzene rings is 3. The van der Waals surface area contributed by atoms with E-state index in [9.17, 15) is 0 Å². The second-order valence-electron chi connectivity index (χ2n) is 6.43. The lowest BCUT2D eigenvalue weighted by atomic mass is 10.1. The first-order valence-electron chi connectivity index (χ1n) is 9.00. The molecule has 27 heavy (non-hydrogen) atoms. The lowest BCUT2D eigenvalue weighted by Crippen LogP contribution is -2.09. The maximum absolute atomic E-state index is 6.20. The number of hydrogen-bond donors (Lipinski definition) is 0. The fraction of sp³-hybridized carbons (Fsp3) is 0.227. The van der Waals surface area contributed by atoms with E-state index in [1.807, 2.05) is 42.5 Å². The number of halogens is 1. The number of rotatable bonds is 7. The minimum absolute atomic E-state index is 0.396. The second-order valence-corrected chi connectivity index (χ2v) is 6.86. The standard InChI is InChI=1S/C22H21ClN2O2/c1-26-13-5-12-25-20-14-17(23)10-11-19(20)24-22(25)15-27-21-9-4-7-16-6-2-3-8-18(16)21/h2-4,6-11,14H,5,12-13,15H2,1H3. The molecule has 3 aromatic carbocycles. The van der Waals surface area contributed by atoms with Gasteiger partial charge in [-0.1, -0.05) is 48.0 Å². The van der Waals surface area contributed by atoms with Gasteiger partial charge in [-0.25, -0.2) is 4.98 Å². The molecule has 1 aromatic heterocycles. The molecule has 4 rings (SSSR count). The molecule has 0 aliphatic rings. The largest absolute Gasteiger partial charge is 0.485 e. The molecule has 0 saturated carbocycles. The van der Waals surface area contributed by atoms with Gasteiger partial charge in [-0.2, -0.15) is 0 Å². The van der Waals surface area contributed by atoms with Crippen molar-refractivity contribution in [3.63, 3.8) is 0 Å². The Labute approximate surface area is 163 Å². The number of hydrogen-bond acceptors (Lipinski definition) is 3. The quantitative estimate of drug-likeness (QED) is 0.399. The van der Waals surface area contributed by atoms with Crippen LogP contribution < -0.4 is 4.74 Å². The van der Waals surface area contributed by atoms with Crippen molar-refractivity contribution in [1.82, 2.24) is 9.55 Å². The van der Waals surface area contributed by atoms with Gasteiger partial charge in [0.25, 0.3) is 0 Å². The number of fused-ring (bicyclic) bond motifs is 2. The van der Waals surface area contributed by atoms with Gasteiger partial charge in [0.1, 0.15) is 18.2 Å². The smallest absolute Gasteiger partial charge is 0.148 e. The van der Waals surface area contributed by atoms with Crippen molar-refractivity contribution in [3.8, 4) is 5.75 Å². The van der Waals surface area contributed by atoms with Crippen LogP contribution in [0.3, 0.4) is 0 Å². The Kier molecular flexibility index (Phi) is 5.28. The average Bonchev–Trinajstić information content (AvgIpc) is 3.03. The molecule has 1 heterocycles. The molecular formula is C22H21ClN2O2. The van der Waals surface area contributed by atoms with Crippen LogP contribution in [0.15, 0.2) is 60.7 Å². The monoisotopic (exact) mass is 380 g/mol. The molecule has 0 atom stereocenters. The van der Waals surface area contributed by atoms with Gasteiger partial charge in [0, 0.05) is 30.7 Å². The molecule has 4 aromatic rings. The SMILES string of the molecule is COCCCn1c(COc2cccc3ccccc23)nc2ccc(Cl)cc21. The predicted octanol–water partition coefficient (Wildman–Crippen LogP) is 5.46. The molecule has 0 N–H and O–H groups in total. The highest BCUT2D eigenvalue weighted by molar-refractivity contribution is 6.31. The van der Waals surface area contributed by atoms with E-state index >= 15 is 0 Å². The van der Waals surface area contributed by atoms with Gasteiger partial charge in [-0.15, -0.1) is 0 Å². The summed E-state index contributed by atoms with van der Waals surface area (Å²) in [6.07, 6.45) is 0.899. The van der Waals surface area contributed by atoms with Gasteiger partial charge in [0.2, 0.25) is 0 Å². The summed E-state index contributed by atoms with van der Waals surface area (Å²) in [7, 11) is 1.72. The van der Waals surface area contributed by atoms with Crippen LogP contribution in [0.4, 0.5) is 0 Å². The highest BCUT2D eigenvalue weighted by atomic mass is 35.5. The molecular weight excluding hydrogens is 360 g/mol. The van der Waals surface area contributed by atoms with Crippen LogP contribution >= 0.6 is 11.6 Å². The third kappa shape index (κ3) is 3.77. The van der Waals surface area contributed by atoms with Gasteiger partial charge in [-0.05, 0) is 36.1 Å². The molecule has 0 unspecified atom stereocenters. The van der Waals surface area contributed by atoms with E-state index < -0.39 is 0 Å². The fourth-order valence-corrected chi connectivity index (χ4v) is 3.50. The lowest BCUT2D eigenvalue weighted by molar-refractivity contribution is 0.189. The Morgan fingerprint density at radius 2 is 1.89 bits per heavy atom. The van der Waals surface area contributed by atoms with Crippen LogP contribution in [-0.2, 0) is 17.9 Å². The first kappa shape index (κ1) is 17.8. The van der Waals surface area contributed by atoms with Gasteiger partial charge in [-0.3, -0.25) is 0 Å². The number of aromatic nitrogens is 2. The summed E-state index contributed by atoms with van der Waals surface area (Å²) in [5.74, 6) is 1.75. The number of imidazole rings is 1. The maximum atomic E-state index is 6.20. The van der Waals surface area contributed by atoms with Crippen LogP contribution in [0.25, 0.3) is 21.8 Å². The second kappa shape index (κ2) is 7.99. The third-order valence-electron chi connectivity index (χ3n) is 4.63. The molecule has 0 bridgehead atoms. The van der Waals surface area contributed by atoms with E-state index in [0.29, 0.717) is 18.2 Å². The third-order valence-corrected chi connectivity index (χ3v) is 4.86. The van der Waals surface area contributed by atoms with Crippen molar-refractivity contribution in [2.75, 3.05) is 13.7 Å². The van der Waals surface area contributed by atoms with Crippen LogP contribution in [0.2, 0.25) is 5.02 Å². The van der Waals surface area contributed by atoms with Crippen LogP contribution in [0.1, 0.15) is 12.2 Å². The highest BCUT2D eigenvalue weighted by Crippen LogP contribution is 2.27. The molecule has 5 heteroatoms. The van der Waals surface area contributed by atoms with Crippen molar-refractivity contribution in [3.05, 3.63) is 71.5 Å². The molecule has 0 amide bonds. The van der Waals surface area contributed by atoms with Gasteiger partial charge in [0.05, 0.1) is 11.0 Å². The summed E-state index contributed by atoms with van der Waals surface area (Å²) in [6, 6.07) is 20.1. The normalized spacial score (nSPS) is 11.3. The molecule has 0 aliphatic carbocycles. The summed E-state index contributed by atoms with van der Waals surface area (Å²) >= 11 is 6.20. The lowest BCUT2D eigenvalue weighted by Gasteiger charge is -2.12. The summed E-state index contributed by atoms with van der Waals surface area (Å²) in [6.45, 7) is 1.90. The zero-order chi connectivity index (χ0) is 18.6. The number of methoxy groups -OCH3 is 1. The predicted molar refractivity (Wildman–Crippen MR) is 110 cm³/mol. The van der Waals surface area contributed by atoms with E-state index in [4.69, 9.17) is 26.1 Å². The van der Waals surface area contributed by atoms with Crippen molar-refractivity contribution in [1.29, 1.82) is 0 Å². The Bertz CT molecular complexity index is 1070. The summed E-state index contributed by atoms with van der Waals surface area (Å²) < 4.78 is 13.5. The molecule has 0 fully saturated rings. The molecule has 0 aliphatic heterocycles. The Hall–Kier alpha value is -2.56. The van der Waals surface area contributed by atoms with E-state index in [1.54, 1.807) is 7.11 Å². The van der Waals surface area contributed by atoms with Gasteiger partial charge >= 0.3 is 0 Å². The minimum Gasteiger partial charge on any atom is -0.485 e. The molecule has 0 saturated heterocycles. The van der Waals surface area contributed by atoms with Crippen LogP contribution in [0, 0.1) is 0 Å². The zero-order valence-corrected chi connectivity index (χ0v) is 15.9. The van der Waals surface area contributed by atoms with Gasteiger partial charge < -0.3 is 14.0 Å². The summed E-state index contributed by atoms with van der Waals surface area (Å²) in [4.78, 5) is 4.77.